The molecule has 0 fully saturated rings. The average molecular weight is 538 g/mol. The third kappa shape index (κ3) is 5.75. The number of benzene rings is 2. The predicted molar refractivity (Wildman–Crippen MR) is 151 cm³/mol. The van der Waals surface area contributed by atoms with Crippen LogP contribution in [0.1, 0.15) is 27.7 Å². The van der Waals surface area contributed by atoms with Crippen LogP contribution in [0.3, 0.4) is 0 Å². The number of hydrogen-bond donors (Lipinski definition) is 4. The molecule has 8 N–H and O–H groups in total. The van der Waals surface area contributed by atoms with E-state index in [0.717, 1.165) is 21.2 Å². The molecule has 0 bridgehead atoms. The van der Waals surface area contributed by atoms with Crippen LogP contribution in [0.2, 0.25) is 0 Å². The SMILES string of the molecule is CC1(C)N=C(N)N=C(N)N1c1ccc(Sc2ccc(N3C(N)=NC(N)=NC3(C)C)cc2)cc1.Cl.Cl. The van der Waals surface area contributed by atoms with Crippen LogP contribution in [0.15, 0.2) is 78.3 Å². The standard InChI is InChI=1S/C22H28N10S.2ClH/c1-21(2)29-17(23)27-19(25)31(21)13-5-9-15(10-6-13)33-16-11-7-14(8-12-16)32-20(26)28-18(24)30-22(32,3)4;;/h5-12H,1-4H3,(H4,23,25,27,29)(H4,24,26,28,30);2*1H. The summed E-state index contributed by atoms with van der Waals surface area (Å²) in [7, 11) is 0. The Labute approximate surface area is 221 Å². The van der Waals surface area contributed by atoms with Crippen LogP contribution in [0.25, 0.3) is 0 Å². The molecule has 2 aromatic rings. The van der Waals surface area contributed by atoms with E-state index in [0.29, 0.717) is 11.9 Å². The maximum Gasteiger partial charge on any atom is 0.220 e. The topological polar surface area (TPSA) is 160 Å². The lowest BCUT2D eigenvalue weighted by Crippen LogP contribution is -2.54. The van der Waals surface area contributed by atoms with Gasteiger partial charge in [0.25, 0.3) is 0 Å². The first-order chi connectivity index (χ1) is 15.5. The molecule has 35 heavy (non-hydrogen) atoms. The molecule has 13 heteroatoms. The quantitative estimate of drug-likeness (QED) is 0.466. The molecule has 4 rings (SSSR count). The number of aliphatic imine (C=N–C) groups is 4. The zero-order valence-corrected chi connectivity index (χ0v) is 22.3. The summed E-state index contributed by atoms with van der Waals surface area (Å²) >= 11 is 1.65. The van der Waals surface area contributed by atoms with E-state index in [1.807, 2.05) is 86.0 Å². The van der Waals surface area contributed by atoms with Crippen molar-refractivity contribution in [3.8, 4) is 0 Å². The van der Waals surface area contributed by atoms with Crippen molar-refractivity contribution in [2.24, 2.45) is 42.9 Å². The van der Waals surface area contributed by atoms with Crippen molar-refractivity contribution in [1.82, 2.24) is 0 Å². The van der Waals surface area contributed by atoms with Crippen molar-refractivity contribution >= 4 is 71.8 Å². The molecule has 10 nitrogen and oxygen atoms in total. The van der Waals surface area contributed by atoms with Gasteiger partial charge in [0, 0.05) is 21.2 Å². The van der Waals surface area contributed by atoms with Gasteiger partial charge in [-0.2, -0.15) is 9.98 Å². The molecule has 2 aromatic carbocycles. The molecule has 0 atom stereocenters. The van der Waals surface area contributed by atoms with E-state index in [1.165, 1.54) is 0 Å². The van der Waals surface area contributed by atoms with Gasteiger partial charge in [-0.1, -0.05) is 11.8 Å². The fraction of sp³-hybridized carbons (Fsp3) is 0.273. The van der Waals surface area contributed by atoms with Gasteiger partial charge in [0.05, 0.1) is 0 Å². The van der Waals surface area contributed by atoms with Crippen LogP contribution >= 0.6 is 36.6 Å². The van der Waals surface area contributed by atoms with Gasteiger partial charge in [-0.05, 0) is 76.2 Å². The van der Waals surface area contributed by atoms with E-state index in [2.05, 4.69) is 20.0 Å². The molecular formula is C22H30Cl2N10S. The Morgan fingerprint density at radius 3 is 1.20 bits per heavy atom. The Hall–Kier alpha value is -3.15. The summed E-state index contributed by atoms with van der Waals surface area (Å²) in [6, 6.07) is 16.1. The molecule has 188 valence electrons. The molecular weight excluding hydrogens is 507 g/mol. The molecule has 2 heterocycles. The summed E-state index contributed by atoms with van der Waals surface area (Å²) in [6.07, 6.45) is 0. The molecule has 0 spiro atoms. The van der Waals surface area contributed by atoms with Crippen LogP contribution in [-0.4, -0.2) is 35.2 Å². The van der Waals surface area contributed by atoms with Gasteiger partial charge in [0.2, 0.25) is 23.8 Å². The van der Waals surface area contributed by atoms with Crippen molar-refractivity contribution in [3.63, 3.8) is 0 Å². The number of rotatable bonds is 4. The van der Waals surface area contributed by atoms with Crippen LogP contribution in [0.4, 0.5) is 11.4 Å². The van der Waals surface area contributed by atoms with Crippen LogP contribution in [0, 0.1) is 0 Å². The Kier molecular flexibility index (Phi) is 8.21. The Morgan fingerprint density at radius 2 is 0.914 bits per heavy atom. The smallest absolute Gasteiger partial charge is 0.220 e. The third-order valence-electron chi connectivity index (χ3n) is 5.21. The fourth-order valence-corrected chi connectivity index (χ4v) is 4.78. The summed E-state index contributed by atoms with van der Waals surface area (Å²) in [5.74, 6) is 0.997. The second-order valence-corrected chi connectivity index (χ2v) is 9.78. The monoisotopic (exact) mass is 536 g/mol. The third-order valence-corrected chi connectivity index (χ3v) is 6.23. The van der Waals surface area contributed by atoms with E-state index in [4.69, 9.17) is 22.9 Å². The van der Waals surface area contributed by atoms with Crippen LogP contribution in [-0.2, 0) is 0 Å². The molecule has 0 aliphatic carbocycles. The number of halogens is 2. The molecule has 0 aromatic heterocycles. The van der Waals surface area contributed by atoms with Crippen molar-refractivity contribution < 1.29 is 0 Å². The minimum absolute atomic E-state index is 0. The maximum atomic E-state index is 6.12. The highest BCUT2D eigenvalue weighted by molar-refractivity contribution is 7.99. The van der Waals surface area contributed by atoms with E-state index < -0.39 is 11.3 Å². The lowest BCUT2D eigenvalue weighted by Gasteiger charge is -2.38. The van der Waals surface area contributed by atoms with Crippen LogP contribution < -0.4 is 32.7 Å². The highest BCUT2D eigenvalue weighted by Crippen LogP contribution is 2.34. The molecule has 0 unspecified atom stereocenters. The summed E-state index contributed by atoms with van der Waals surface area (Å²) in [5.41, 5.74) is 24.3. The van der Waals surface area contributed by atoms with Crippen molar-refractivity contribution in [3.05, 3.63) is 48.5 Å². The molecule has 0 saturated heterocycles. The summed E-state index contributed by atoms with van der Waals surface area (Å²) in [5, 5.41) is 0. The van der Waals surface area contributed by atoms with Gasteiger partial charge >= 0.3 is 0 Å². The first kappa shape index (κ1) is 28.1. The normalized spacial score (nSPS) is 18.3. The number of guanidine groups is 4. The second kappa shape index (κ2) is 10.2. The number of nitrogens with two attached hydrogens (primary N) is 4. The van der Waals surface area contributed by atoms with Crippen molar-refractivity contribution in [2.45, 2.75) is 48.8 Å². The Balaban J connectivity index is 0.00000216. The molecule has 2 aliphatic rings. The highest BCUT2D eigenvalue weighted by atomic mass is 35.5. The lowest BCUT2D eigenvalue weighted by atomic mass is 10.1. The Morgan fingerprint density at radius 1 is 0.600 bits per heavy atom. The largest absolute Gasteiger partial charge is 0.369 e. The molecule has 0 radical (unpaired) electrons. The minimum Gasteiger partial charge on any atom is -0.369 e. The summed E-state index contributed by atoms with van der Waals surface area (Å²) in [6.45, 7) is 7.75. The lowest BCUT2D eigenvalue weighted by molar-refractivity contribution is 0.533. The zero-order valence-electron chi connectivity index (χ0n) is 19.8. The van der Waals surface area contributed by atoms with E-state index in [9.17, 15) is 0 Å². The first-order valence-corrected chi connectivity index (χ1v) is 11.2. The van der Waals surface area contributed by atoms with Gasteiger partial charge in [0.1, 0.15) is 11.3 Å². The van der Waals surface area contributed by atoms with E-state index in [-0.39, 0.29) is 36.7 Å². The number of nitrogens with zero attached hydrogens (tertiary/aromatic N) is 6. The fourth-order valence-electron chi connectivity index (χ4n) is 3.97. The predicted octanol–water partition coefficient (Wildman–Crippen LogP) is 3.05. The van der Waals surface area contributed by atoms with Gasteiger partial charge < -0.3 is 22.9 Å². The maximum absolute atomic E-state index is 6.12. The zero-order chi connectivity index (χ0) is 24.0. The number of hydrogen-bond acceptors (Lipinski definition) is 11. The van der Waals surface area contributed by atoms with Gasteiger partial charge in [-0.15, -0.1) is 24.8 Å². The molecule has 0 amide bonds. The van der Waals surface area contributed by atoms with Gasteiger partial charge in [-0.3, -0.25) is 9.80 Å². The number of anilines is 2. The average Bonchev–Trinajstić information content (AvgIpc) is 2.67. The van der Waals surface area contributed by atoms with Crippen molar-refractivity contribution in [2.75, 3.05) is 9.80 Å². The summed E-state index contributed by atoms with van der Waals surface area (Å²) in [4.78, 5) is 22.9. The highest BCUT2D eigenvalue weighted by Gasteiger charge is 2.34. The van der Waals surface area contributed by atoms with E-state index in [1.54, 1.807) is 11.8 Å². The molecule has 0 saturated carbocycles. The van der Waals surface area contributed by atoms with Gasteiger partial charge in [0.15, 0.2) is 0 Å². The van der Waals surface area contributed by atoms with E-state index >= 15 is 0 Å². The molecule has 2 aliphatic heterocycles. The van der Waals surface area contributed by atoms with Gasteiger partial charge in [-0.25, -0.2) is 9.98 Å². The van der Waals surface area contributed by atoms with Crippen LogP contribution in [0.5, 0.6) is 0 Å². The van der Waals surface area contributed by atoms with Crippen molar-refractivity contribution in [1.29, 1.82) is 0 Å². The second-order valence-electron chi connectivity index (χ2n) is 8.63. The first-order valence-electron chi connectivity index (χ1n) is 10.3. The minimum atomic E-state index is -0.623. The Bertz CT molecular complexity index is 1090. The summed E-state index contributed by atoms with van der Waals surface area (Å²) < 4.78 is 0.